The van der Waals surface area contributed by atoms with Gasteiger partial charge in [-0.25, -0.2) is 14.3 Å². The van der Waals surface area contributed by atoms with Gasteiger partial charge in [-0.15, -0.1) is 6.58 Å². The van der Waals surface area contributed by atoms with Crippen molar-refractivity contribution in [3.8, 4) is 0 Å². The lowest BCUT2D eigenvalue weighted by atomic mass is 9.85. The summed E-state index contributed by atoms with van der Waals surface area (Å²) in [7, 11) is 3.58. The number of halogens is 1. The van der Waals surface area contributed by atoms with Crippen LogP contribution in [0, 0.1) is 0 Å². The first-order valence-electron chi connectivity index (χ1n) is 23.6. The maximum Gasteiger partial charge on any atom is 0.242 e. The van der Waals surface area contributed by atoms with Gasteiger partial charge in [0, 0.05) is 79.3 Å². The number of ether oxygens (including phenoxy) is 1. The molecule has 1 amide bonds. The number of hydrogen-bond donors (Lipinski definition) is 2. The average Bonchev–Trinajstić information content (AvgIpc) is 3.37. The topological polar surface area (TPSA) is 150 Å². The monoisotopic (exact) mass is 970 g/mol. The lowest BCUT2D eigenvalue weighted by molar-refractivity contribution is -0.122. The fraction of sp³-hybridized carbons (Fsp3) is 0.389. The second-order valence-corrected chi connectivity index (χ2v) is 19.8. The molecule has 0 spiro atoms. The summed E-state index contributed by atoms with van der Waals surface area (Å²) in [6.07, 6.45) is 12.7. The number of carbonyl (C=O) groups is 4. The second kappa shape index (κ2) is 23.0. The molecule has 2 unspecified atom stereocenters. The third-order valence-electron chi connectivity index (χ3n) is 13.5. The van der Waals surface area contributed by atoms with Gasteiger partial charge in [0.2, 0.25) is 5.91 Å². The molecule has 0 radical (unpaired) electrons. The van der Waals surface area contributed by atoms with Gasteiger partial charge in [-0.05, 0) is 112 Å². The minimum atomic E-state index is -0.409. The number of hydrogen-bond acceptors (Lipinski definition) is 13. The van der Waals surface area contributed by atoms with Gasteiger partial charge in [-0.3, -0.25) is 24.2 Å². The summed E-state index contributed by atoms with van der Waals surface area (Å²) in [5.41, 5.74) is 7.99. The molecular formula is C54H63ClN8O5S. The number of anilines is 3. The summed E-state index contributed by atoms with van der Waals surface area (Å²) in [6, 6.07) is 20.1. The smallest absolute Gasteiger partial charge is 0.242 e. The number of aldehydes is 3. The third kappa shape index (κ3) is 11.7. The summed E-state index contributed by atoms with van der Waals surface area (Å²) in [5, 5.41) is 8.77. The molecule has 2 aromatic heterocycles. The molecule has 2 N–H and O–H groups in total. The first-order valence-corrected chi connectivity index (χ1v) is 24.9. The molecule has 4 heterocycles. The van der Waals surface area contributed by atoms with Gasteiger partial charge in [-0.1, -0.05) is 66.0 Å². The zero-order chi connectivity index (χ0) is 49.2. The van der Waals surface area contributed by atoms with E-state index in [0.29, 0.717) is 47.3 Å². The van der Waals surface area contributed by atoms with E-state index in [9.17, 15) is 19.2 Å². The van der Waals surface area contributed by atoms with Crippen molar-refractivity contribution >= 4 is 92.9 Å². The molecule has 0 bridgehead atoms. The SMILES string of the molecule is C=CCCC(C(=O)NC)N(C)c1ccc(C2CCN(c3cc4nc(CSN5CCC(Nc6cccc(/C(C)=C(Cl)/C(OCC=O)=C(\C)C=O)c6)CC5(C)C)cnc4cn3)CC2)c2cccc(C=O)c12. The molecule has 362 valence electrons. The Morgan fingerprint density at radius 2 is 1.80 bits per heavy atom. The maximum absolute atomic E-state index is 13.0. The van der Waals surface area contributed by atoms with Crippen molar-refractivity contribution in [3.05, 3.63) is 124 Å². The lowest BCUT2D eigenvalue weighted by Crippen LogP contribution is -2.49. The molecule has 2 aliphatic heterocycles. The fourth-order valence-electron chi connectivity index (χ4n) is 9.69. The number of carbonyl (C=O) groups excluding carboxylic acids is 4. The van der Waals surface area contributed by atoms with Crippen LogP contribution in [-0.4, -0.2) is 102 Å². The van der Waals surface area contributed by atoms with Crippen LogP contribution < -0.4 is 20.4 Å². The molecule has 5 aromatic rings. The van der Waals surface area contributed by atoms with Crippen LogP contribution in [0.3, 0.4) is 0 Å². The number of amides is 1. The molecule has 2 aliphatic rings. The Kier molecular flexibility index (Phi) is 16.9. The minimum absolute atomic E-state index is 0.0729. The number of likely N-dealkylation sites (N-methyl/N-ethyl adjacent to an activating group) is 2. The van der Waals surface area contributed by atoms with E-state index in [1.807, 2.05) is 73.7 Å². The van der Waals surface area contributed by atoms with Crippen molar-refractivity contribution in [2.45, 2.75) is 95.5 Å². The number of allylic oxidation sites excluding steroid dienone is 4. The predicted octanol–water partition coefficient (Wildman–Crippen LogP) is 10.1. The fourth-order valence-corrected chi connectivity index (χ4v) is 11.1. The maximum atomic E-state index is 13.0. The van der Waals surface area contributed by atoms with Gasteiger partial charge in [0.1, 0.15) is 36.0 Å². The molecular weight excluding hydrogens is 908 g/mol. The zero-order valence-corrected chi connectivity index (χ0v) is 42.0. The summed E-state index contributed by atoms with van der Waals surface area (Å²) in [4.78, 5) is 67.0. The number of piperidine rings is 2. The molecule has 0 saturated carbocycles. The van der Waals surface area contributed by atoms with Gasteiger partial charge >= 0.3 is 0 Å². The zero-order valence-electron chi connectivity index (χ0n) is 40.5. The lowest BCUT2D eigenvalue weighted by Gasteiger charge is -2.45. The molecule has 0 aliphatic carbocycles. The Morgan fingerprint density at radius 3 is 2.51 bits per heavy atom. The molecule has 2 saturated heterocycles. The molecule has 2 atom stereocenters. The molecule has 69 heavy (non-hydrogen) atoms. The standard InChI is InChI=1S/C54H63ClN8O5S/c1-8-9-16-48(53(67)56-6)61(7)47-18-17-43(44-15-11-13-39(33-66)50(44)47)37-19-22-62(23-20-37)49-28-45-46(31-58-49)57-30-42(60-45)34-69-63-24-21-41(29-54(63,4)5)59-40-14-10-12-38(27-40)36(3)51(55)52(35(2)32-65)68-26-25-64/h8,10-15,17-18,25,27-28,30-33,37,41,48,59H,1,9,16,19-24,26,29,34H2,2-7H3,(H,56,67)/b51-36-,52-35-. The Balaban J connectivity index is 0.979. The number of benzene rings is 3. The van der Waals surface area contributed by atoms with Crippen LogP contribution in [0.1, 0.15) is 99.3 Å². The largest absolute Gasteiger partial charge is 0.484 e. The van der Waals surface area contributed by atoms with Crippen molar-refractivity contribution in [1.29, 1.82) is 0 Å². The molecule has 13 nitrogen and oxygen atoms in total. The number of pyridine rings is 1. The summed E-state index contributed by atoms with van der Waals surface area (Å²) >= 11 is 8.51. The summed E-state index contributed by atoms with van der Waals surface area (Å²) in [6.45, 7) is 14.2. The van der Waals surface area contributed by atoms with E-state index in [4.69, 9.17) is 31.3 Å². The van der Waals surface area contributed by atoms with Crippen LogP contribution in [0.2, 0.25) is 0 Å². The van der Waals surface area contributed by atoms with Crippen molar-refractivity contribution < 1.29 is 23.9 Å². The number of aromatic nitrogens is 3. The van der Waals surface area contributed by atoms with Crippen LogP contribution in [-0.2, 0) is 24.9 Å². The van der Waals surface area contributed by atoms with Gasteiger partial charge in [0.05, 0.1) is 34.4 Å². The molecule has 2 fully saturated rings. The van der Waals surface area contributed by atoms with E-state index in [0.717, 1.165) is 107 Å². The Bertz CT molecular complexity index is 2770. The molecule has 3 aromatic carbocycles. The van der Waals surface area contributed by atoms with E-state index in [1.165, 1.54) is 5.56 Å². The van der Waals surface area contributed by atoms with Gasteiger partial charge in [0.25, 0.3) is 0 Å². The van der Waals surface area contributed by atoms with Gasteiger partial charge in [0.15, 0.2) is 12.6 Å². The summed E-state index contributed by atoms with van der Waals surface area (Å²) < 4.78 is 7.98. The van der Waals surface area contributed by atoms with E-state index >= 15 is 0 Å². The first kappa shape index (κ1) is 50.8. The molecule has 15 heteroatoms. The van der Waals surface area contributed by atoms with E-state index in [1.54, 1.807) is 25.9 Å². The van der Waals surface area contributed by atoms with Gasteiger partial charge < -0.3 is 25.2 Å². The van der Waals surface area contributed by atoms with Crippen molar-refractivity contribution in [1.82, 2.24) is 24.6 Å². The van der Waals surface area contributed by atoms with Crippen LogP contribution in [0.15, 0.2) is 102 Å². The highest BCUT2D eigenvalue weighted by molar-refractivity contribution is 7.96. The third-order valence-corrected chi connectivity index (χ3v) is 15.3. The van der Waals surface area contributed by atoms with E-state index in [2.05, 4.69) is 64.5 Å². The Morgan fingerprint density at radius 1 is 1.01 bits per heavy atom. The van der Waals surface area contributed by atoms with Crippen LogP contribution in [0.5, 0.6) is 0 Å². The Hall–Kier alpha value is -6.09. The van der Waals surface area contributed by atoms with Crippen molar-refractivity contribution in [2.24, 2.45) is 0 Å². The predicted molar refractivity (Wildman–Crippen MR) is 281 cm³/mol. The van der Waals surface area contributed by atoms with Gasteiger partial charge in [-0.2, -0.15) is 0 Å². The minimum Gasteiger partial charge on any atom is -0.484 e. The average molecular weight is 972 g/mol. The van der Waals surface area contributed by atoms with Crippen molar-refractivity contribution in [3.63, 3.8) is 0 Å². The quantitative estimate of drug-likeness (QED) is 0.0190. The highest BCUT2D eigenvalue weighted by Gasteiger charge is 2.35. The number of rotatable bonds is 20. The molecule has 7 rings (SSSR count). The second-order valence-electron chi connectivity index (χ2n) is 18.5. The van der Waals surface area contributed by atoms with Crippen molar-refractivity contribution in [2.75, 3.05) is 55.5 Å². The van der Waals surface area contributed by atoms with Crippen LogP contribution in [0.4, 0.5) is 17.2 Å². The highest BCUT2D eigenvalue weighted by atomic mass is 35.5. The summed E-state index contributed by atoms with van der Waals surface area (Å²) in [5.74, 6) is 1.99. The normalized spacial score (nSPS) is 17.6. The van der Waals surface area contributed by atoms with Crippen LogP contribution in [0.25, 0.3) is 27.4 Å². The highest BCUT2D eigenvalue weighted by Crippen LogP contribution is 2.41. The van der Waals surface area contributed by atoms with E-state index < -0.39 is 6.04 Å². The Labute approximate surface area is 415 Å². The first-order chi connectivity index (χ1) is 33.3. The van der Waals surface area contributed by atoms with Crippen LogP contribution >= 0.6 is 23.5 Å². The number of fused-ring (bicyclic) bond motifs is 2. The van der Waals surface area contributed by atoms with E-state index in [-0.39, 0.29) is 35.8 Å². The number of nitrogens with one attached hydrogen (secondary N) is 2. The number of nitrogens with zero attached hydrogens (tertiary/aromatic N) is 6.